The first-order chi connectivity index (χ1) is 12.1. The van der Waals surface area contributed by atoms with Gasteiger partial charge in [-0.05, 0) is 56.9 Å². The Hall–Kier alpha value is -2.37. The number of rotatable bonds is 4. The standard InChI is InChI=1S/C19H24N2O4/c1-14-5-2-3-11-20(14)18(23)13-25-19(24)15-7-9-16(10-8-15)21-12-4-6-17(21)22/h7-10,14H,2-6,11-13H2,1H3/t14-/m0/s1. The maximum atomic E-state index is 12.2. The lowest BCUT2D eigenvalue weighted by Gasteiger charge is -2.33. The van der Waals surface area contributed by atoms with Crippen LogP contribution in [0.5, 0.6) is 0 Å². The van der Waals surface area contributed by atoms with Gasteiger partial charge in [-0.15, -0.1) is 0 Å². The number of hydrogen-bond acceptors (Lipinski definition) is 4. The summed E-state index contributed by atoms with van der Waals surface area (Å²) in [5.74, 6) is -0.547. The van der Waals surface area contributed by atoms with E-state index in [1.54, 1.807) is 34.1 Å². The molecule has 0 bridgehead atoms. The van der Waals surface area contributed by atoms with Gasteiger partial charge in [0.1, 0.15) is 0 Å². The van der Waals surface area contributed by atoms with Gasteiger partial charge in [0.05, 0.1) is 5.56 Å². The molecule has 0 radical (unpaired) electrons. The van der Waals surface area contributed by atoms with Crippen LogP contribution in [0.4, 0.5) is 5.69 Å². The summed E-state index contributed by atoms with van der Waals surface area (Å²) in [6, 6.07) is 6.97. The molecule has 0 aromatic heterocycles. The smallest absolute Gasteiger partial charge is 0.338 e. The third-order valence-electron chi connectivity index (χ3n) is 4.94. The third kappa shape index (κ3) is 4.00. The largest absolute Gasteiger partial charge is 0.452 e. The normalized spacial score (nSPS) is 20.7. The number of hydrogen-bond donors (Lipinski definition) is 0. The molecule has 0 saturated carbocycles. The highest BCUT2D eigenvalue weighted by Gasteiger charge is 2.24. The van der Waals surface area contributed by atoms with Crippen molar-refractivity contribution < 1.29 is 19.1 Å². The second-order valence-corrected chi connectivity index (χ2v) is 6.70. The number of amides is 2. The van der Waals surface area contributed by atoms with E-state index in [2.05, 4.69) is 0 Å². The summed E-state index contributed by atoms with van der Waals surface area (Å²) < 4.78 is 5.17. The van der Waals surface area contributed by atoms with Crippen molar-refractivity contribution in [2.45, 2.75) is 45.1 Å². The minimum atomic E-state index is -0.516. The molecule has 25 heavy (non-hydrogen) atoms. The van der Waals surface area contributed by atoms with Crippen LogP contribution >= 0.6 is 0 Å². The summed E-state index contributed by atoms with van der Waals surface area (Å²) >= 11 is 0. The monoisotopic (exact) mass is 344 g/mol. The first-order valence-electron chi connectivity index (χ1n) is 8.93. The molecule has 0 unspecified atom stereocenters. The zero-order chi connectivity index (χ0) is 17.8. The Morgan fingerprint density at radius 2 is 1.88 bits per heavy atom. The number of ether oxygens (including phenoxy) is 1. The summed E-state index contributed by atoms with van der Waals surface area (Å²) in [6.45, 7) is 3.24. The molecule has 0 N–H and O–H groups in total. The molecule has 2 fully saturated rings. The molecule has 0 spiro atoms. The lowest BCUT2D eigenvalue weighted by molar-refractivity contribution is -0.137. The van der Waals surface area contributed by atoms with Crippen molar-refractivity contribution in [3.8, 4) is 0 Å². The molecule has 1 atom stereocenters. The Kier molecular flexibility index (Phi) is 5.36. The van der Waals surface area contributed by atoms with E-state index in [0.29, 0.717) is 18.5 Å². The van der Waals surface area contributed by atoms with E-state index < -0.39 is 5.97 Å². The topological polar surface area (TPSA) is 66.9 Å². The second-order valence-electron chi connectivity index (χ2n) is 6.70. The van der Waals surface area contributed by atoms with Gasteiger partial charge in [0.25, 0.3) is 5.91 Å². The number of anilines is 1. The van der Waals surface area contributed by atoms with Crippen LogP contribution in [0.1, 0.15) is 49.4 Å². The Bertz CT molecular complexity index is 656. The van der Waals surface area contributed by atoms with Crippen LogP contribution in [0.2, 0.25) is 0 Å². The quantitative estimate of drug-likeness (QED) is 0.787. The predicted molar refractivity (Wildman–Crippen MR) is 93.3 cm³/mol. The maximum Gasteiger partial charge on any atom is 0.338 e. The first-order valence-corrected chi connectivity index (χ1v) is 8.93. The molecule has 1 aromatic rings. The van der Waals surface area contributed by atoms with Gasteiger partial charge in [-0.3, -0.25) is 9.59 Å². The van der Waals surface area contributed by atoms with Crippen LogP contribution in [0.3, 0.4) is 0 Å². The molecule has 0 aliphatic carbocycles. The van der Waals surface area contributed by atoms with E-state index in [4.69, 9.17) is 4.74 Å². The number of carbonyl (C=O) groups is 3. The molecule has 6 nitrogen and oxygen atoms in total. The third-order valence-corrected chi connectivity index (χ3v) is 4.94. The molecule has 3 rings (SSSR count). The van der Waals surface area contributed by atoms with Gasteiger partial charge in [0, 0.05) is 31.2 Å². The van der Waals surface area contributed by atoms with Gasteiger partial charge >= 0.3 is 5.97 Å². The summed E-state index contributed by atoms with van der Waals surface area (Å²) in [5.41, 5.74) is 1.17. The Balaban J connectivity index is 1.54. The highest BCUT2D eigenvalue weighted by molar-refractivity contribution is 5.96. The average Bonchev–Trinajstić information content (AvgIpc) is 3.06. The molecule has 2 saturated heterocycles. The van der Waals surface area contributed by atoms with Crippen molar-refractivity contribution in [2.24, 2.45) is 0 Å². The van der Waals surface area contributed by atoms with E-state index in [1.165, 1.54) is 0 Å². The summed E-state index contributed by atoms with van der Waals surface area (Å²) in [5, 5.41) is 0. The van der Waals surface area contributed by atoms with Gasteiger partial charge in [-0.2, -0.15) is 0 Å². The zero-order valence-electron chi connectivity index (χ0n) is 14.6. The minimum Gasteiger partial charge on any atom is -0.452 e. The molecule has 2 aliphatic heterocycles. The lowest BCUT2D eigenvalue weighted by atomic mass is 10.0. The van der Waals surface area contributed by atoms with Crippen LogP contribution in [-0.2, 0) is 14.3 Å². The second kappa shape index (κ2) is 7.68. The van der Waals surface area contributed by atoms with Gasteiger partial charge in [-0.25, -0.2) is 4.79 Å². The number of benzene rings is 1. The summed E-state index contributed by atoms with van der Waals surface area (Å²) in [4.78, 5) is 39.6. The Morgan fingerprint density at radius 3 is 2.52 bits per heavy atom. The fourth-order valence-electron chi connectivity index (χ4n) is 3.46. The van der Waals surface area contributed by atoms with Crippen molar-refractivity contribution >= 4 is 23.5 Å². The van der Waals surface area contributed by atoms with Crippen molar-refractivity contribution in [3.05, 3.63) is 29.8 Å². The van der Waals surface area contributed by atoms with Gasteiger partial charge in [0.2, 0.25) is 5.91 Å². The highest BCUT2D eigenvalue weighted by atomic mass is 16.5. The van der Waals surface area contributed by atoms with E-state index in [9.17, 15) is 14.4 Å². The van der Waals surface area contributed by atoms with Gasteiger partial charge in [-0.1, -0.05) is 0 Å². The zero-order valence-corrected chi connectivity index (χ0v) is 14.6. The summed E-state index contributed by atoms with van der Waals surface area (Å²) in [7, 11) is 0. The lowest BCUT2D eigenvalue weighted by Crippen LogP contribution is -2.44. The molecule has 134 valence electrons. The van der Waals surface area contributed by atoms with Crippen molar-refractivity contribution in [1.82, 2.24) is 4.90 Å². The first kappa shape index (κ1) is 17.5. The fraction of sp³-hybridized carbons (Fsp3) is 0.526. The van der Waals surface area contributed by atoms with Crippen molar-refractivity contribution in [1.29, 1.82) is 0 Å². The van der Waals surface area contributed by atoms with Gasteiger partial charge < -0.3 is 14.5 Å². The van der Waals surface area contributed by atoms with E-state index in [-0.39, 0.29) is 24.5 Å². The molecule has 6 heteroatoms. The van der Waals surface area contributed by atoms with Crippen LogP contribution in [-0.4, -0.2) is 48.4 Å². The number of likely N-dealkylation sites (tertiary alicyclic amines) is 1. The number of piperidine rings is 1. The SMILES string of the molecule is C[C@H]1CCCCN1C(=O)COC(=O)c1ccc(N2CCCC2=O)cc1. The molecular formula is C19H24N2O4. The Morgan fingerprint density at radius 1 is 1.12 bits per heavy atom. The molecule has 2 amide bonds. The summed E-state index contributed by atoms with van der Waals surface area (Å²) in [6.07, 6.45) is 4.56. The molecule has 1 aromatic carbocycles. The number of nitrogens with zero attached hydrogens (tertiary/aromatic N) is 2. The Labute approximate surface area is 147 Å². The van der Waals surface area contributed by atoms with E-state index >= 15 is 0 Å². The van der Waals surface area contributed by atoms with Crippen LogP contribution in [0, 0.1) is 0 Å². The van der Waals surface area contributed by atoms with Crippen molar-refractivity contribution in [3.63, 3.8) is 0 Å². The molecule has 2 heterocycles. The van der Waals surface area contributed by atoms with Gasteiger partial charge in [0.15, 0.2) is 6.61 Å². The van der Waals surface area contributed by atoms with Crippen molar-refractivity contribution in [2.75, 3.05) is 24.6 Å². The fourth-order valence-corrected chi connectivity index (χ4v) is 3.46. The maximum absolute atomic E-state index is 12.2. The van der Waals surface area contributed by atoms with Crippen LogP contribution < -0.4 is 4.90 Å². The molecule has 2 aliphatic rings. The highest BCUT2D eigenvalue weighted by Crippen LogP contribution is 2.22. The number of carbonyl (C=O) groups excluding carboxylic acids is 3. The average molecular weight is 344 g/mol. The van der Waals surface area contributed by atoms with Crippen LogP contribution in [0.25, 0.3) is 0 Å². The minimum absolute atomic E-state index is 0.108. The van der Waals surface area contributed by atoms with Crippen LogP contribution in [0.15, 0.2) is 24.3 Å². The molecular weight excluding hydrogens is 320 g/mol. The van der Waals surface area contributed by atoms with E-state index in [1.807, 2.05) is 6.92 Å². The number of esters is 1. The predicted octanol–water partition coefficient (Wildman–Crippen LogP) is 2.37. The van der Waals surface area contributed by atoms with E-state index in [0.717, 1.165) is 37.9 Å².